The molecule has 0 spiro atoms. The fourth-order valence-corrected chi connectivity index (χ4v) is 1.80. The van der Waals surface area contributed by atoms with Gasteiger partial charge in [0.15, 0.2) is 17.5 Å². The van der Waals surface area contributed by atoms with Crippen LogP contribution in [-0.2, 0) is 9.59 Å². The second kappa shape index (κ2) is 6.95. The molecule has 0 heterocycles. The Balaban J connectivity index is 1.95. The third-order valence-corrected chi connectivity index (χ3v) is 2.97. The first-order valence-corrected chi connectivity index (χ1v) is 6.66. The Kier molecular flexibility index (Phi) is 5.00. The molecule has 0 fully saturated rings. The molecule has 2 amide bonds. The van der Waals surface area contributed by atoms with Crippen molar-refractivity contribution >= 4 is 23.2 Å². The summed E-state index contributed by atoms with van der Waals surface area (Å²) in [7, 11) is 0. The topological polar surface area (TPSA) is 58.2 Å². The van der Waals surface area contributed by atoms with Crippen molar-refractivity contribution in [3.8, 4) is 0 Å². The highest BCUT2D eigenvalue weighted by atomic mass is 19.2. The zero-order chi connectivity index (χ0) is 17.0. The van der Waals surface area contributed by atoms with E-state index in [1.54, 1.807) is 24.3 Å². The summed E-state index contributed by atoms with van der Waals surface area (Å²) >= 11 is 0. The summed E-state index contributed by atoms with van der Waals surface area (Å²) in [6, 6.07) is 8.46. The van der Waals surface area contributed by atoms with Crippen molar-refractivity contribution in [2.45, 2.75) is 13.3 Å². The first-order chi connectivity index (χ1) is 10.9. The summed E-state index contributed by atoms with van der Waals surface area (Å²) in [5.74, 6) is -6.03. The molecule has 0 aliphatic carbocycles. The van der Waals surface area contributed by atoms with Crippen molar-refractivity contribution in [3.05, 3.63) is 59.4 Å². The second-order valence-corrected chi connectivity index (χ2v) is 4.86. The van der Waals surface area contributed by atoms with E-state index in [4.69, 9.17) is 0 Å². The average molecular weight is 322 g/mol. The fraction of sp³-hybridized carbons (Fsp3) is 0.125. The zero-order valence-corrected chi connectivity index (χ0v) is 12.1. The Labute approximate surface area is 130 Å². The smallest absolute Gasteiger partial charge is 0.233 e. The Morgan fingerprint density at radius 3 is 2.13 bits per heavy atom. The van der Waals surface area contributed by atoms with Gasteiger partial charge in [0.2, 0.25) is 11.8 Å². The summed E-state index contributed by atoms with van der Waals surface area (Å²) in [5.41, 5.74) is 0.985. The Morgan fingerprint density at radius 1 is 0.870 bits per heavy atom. The van der Waals surface area contributed by atoms with Gasteiger partial charge < -0.3 is 10.6 Å². The number of hydrogen-bond donors (Lipinski definition) is 2. The molecular weight excluding hydrogens is 309 g/mol. The van der Waals surface area contributed by atoms with Crippen molar-refractivity contribution in [3.63, 3.8) is 0 Å². The molecule has 2 N–H and O–H groups in total. The number of aryl methyl sites for hydroxylation is 1. The highest BCUT2D eigenvalue weighted by Crippen LogP contribution is 2.19. The van der Waals surface area contributed by atoms with Crippen LogP contribution in [0.15, 0.2) is 36.4 Å². The van der Waals surface area contributed by atoms with Gasteiger partial charge in [0.1, 0.15) is 6.42 Å². The van der Waals surface area contributed by atoms with Gasteiger partial charge in [-0.3, -0.25) is 9.59 Å². The van der Waals surface area contributed by atoms with Crippen LogP contribution in [0.25, 0.3) is 0 Å². The molecule has 2 aromatic rings. The number of nitrogens with one attached hydrogen (secondary N) is 2. The maximum Gasteiger partial charge on any atom is 0.233 e. The van der Waals surface area contributed by atoms with Crippen LogP contribution in [0.2, 0.25) is 0 Å². The molecule has 0 saturated carbocycles. The fourth-order valence-electron chi connectivity index (χ4n) is 1.80. The van der Waals surface area contributed by atoms with Gasteiger partial charge in [-0.1, -0.05) is 17.7 Å². The lowest BCUT2D eigenvalue weighted by Gasteiger charge is -2.08. The molecular formula is C16H13F3N2O2. The second-order valence-electron chi connectivity index (χ2n) is 4.86. The molecule has 4 nitrogen and oxygen atoms in total. The molecule has 120 valence electrons. The molecule has 7 heteroatoms. The number of benzene rings is 2. The van der Waals surface area contributed by atoms with Crippen LogP contribution in [-0.4, -0.2) is 11.8 Å². The van der Waals surface area contributed by atoms with Crippen molar-refractivity contribution in [2.75, 3.05) is 10.6 Å². The lowest BCUT2D eigenvalue weighted by atomic mass is 10.2. The van der Waals surface area contributed by atoms with E-state index in [2.05, 4.69) is 5.32 Å². The molecule has 0 bridgehead atoms. The van der Waals surface area contributed by atoms with Crippen LogP contribution in [0.5, 0.6) is 0 Å². The third kappa shape index (κ3) is 4.32. The van der Waals surface area contributed by atoms with E-state index in [1.165, 1.54) is 0 Å². The molecule has 2 aromatic carbocycles. The average Bonchev–Trinajstić information content (AvgIpc) is 2.50. The van der Waals surface area contributed by atoms with E-state index in [-0.39, 0.29) is 0 Å². The van der Waals surface area contributed by atoms with Crippen molar-refractivity contribution in [2.24, 2.45) is 0 Å². The number of halogens is 3. The Bertz CT molecular complexity index is 746. The minimum Gasteiger partial charge on any atom is -0.326 e. The number of amides is 2. The monoisotopic (exact) mass is 322 g/mol. The van der Waals surface area contributed by atoms with Crippen LogP contribution in [0.1, 0.15) is 12.0 Å². The third-order valence-electron chi connectivity index (χ3n) is 2.97. The quantitative estimate of drug-likeness (QED) is 0.670. The van der Waals surface area contributed by atoms with Crippen LogP contribution < -0.4 is 10.6 Å². The van der Waals surface area contributed by atoms with E-state index >= 15 is 0 Å². The largest absolute Gasteiger partial charge is 0.326 e. The number of hydrogen-bond acceptors (Lipinski definition) is 2. The molecule has 0 aromatic heterocycles. The minimum atomic E-state index is -1.69. The molecule has 0 radical (unpaired) electrons. The predicted molar refractivity (Wildman–Crippen MR) is 79.4 cm³/mol. The van der Waals surface area contributed by atoms with Gasteiger partial charge in [-0.2, -0.15) is 0 Å². The molecule has 0 unspecified atom stereocenters. The van der Waals surface area contributed by atoms with E-state index in [0.717, 1.165) is 11.6 Å². The van der Waals surface area contributed by atoms with Gasteiger partial charge in [-0.25, -0.2) is 13.2 Å². The maximum absolute atomic E-state index is 13.4. The highest BCUT2D eigenvalue weighted by Gasteiger charge is 2.16. The van der Waals surface area contributed by atoms with E-state index in [0.29, 0.717) is 11.8 Å². The van der Waals surface area contributed by atoms with Gasteiger partial charge in [-0.05, 0) is 31.2 Å². The van der Waals surface area contributed by atoms with Crippen LogP contribution in [0.4, 0.5) is 24.5 Å². The molecule has 0 aliphatic rings. The van der Waals surface area contributed by atoms with Crippen LogP contribution in [0.3, 0.4) is 0 Å². The number of carbonyl (C=O) groups excluding carboxylic acids is 2. The van der Waals surface area contributed by atoms with Gasteiger partial charge in [0, 0.05) is 5.69 Å². The van der Waals surface area contributed by atoms with Crippen molar-refractivity contribution in [1.82, 2.24) is 0 Å². The zero-order valence-electron chi connectivity index (χ0n) is 12.1. The van der Waals surface area contributed by atoms with E-state index < -0.39 is 41.4 Å². The molecule has 2 rings (SSSR count). The summed E-state index contributed by atoms with van der Waals surface area (Å²) in [5, 5.41) is 4.52. The Morgan fingerprint density at radius 2 is 1.48 bits per heavy atom. The molecule has 0 saturated heterocycles. The lowest BCUT2D eigenvalue weighted by molar-refractivity contribution is -0.123. The van der Waals surface area contributed by atoms with E-state index in [1.807, 2.05) is 12.2 Å². The minimum absolute atomic E-state index is 0.507. The predicted octanol–water partition coefficient (Wildman–Crippen LogP) is 3.38. The first-order valence-electron chi connectivity index (χ1n) is 6.66. The molecule has 23 heavy (non-hydrogen) atoms. The molecule has 0 atom stereocenters. The summed E-state index contributed by atoms with van der Waals surface area (Å²) in [6.07, 6.45) is -0.591. The highest BCUT2D eigenvalue weighted by molar-refractivity contribution is 6.08. The van der Waals surface area contributed by atoms with E-state index in [9.17, 15) is 22.8 Å². The normalized spacial score (nSPS) is 10.3. The maximum atomic E-state index is 13.4. The SMILES string of the molecule is Cc1ccc(NC(=O)CC(=O)Nc2ccc(F)c(F)c2F)cc1. The van der Waals surface area contributed by atoms with Crippen molar-refractivity contribution < 1.29 is 22.8 Å². The van der Waals surface area contributed by atoms with Gasteiger partial charge in [0.25, 0.3) is 0 Å². The first kappa shape index (κ1) is 16.5. The molecule has 0 aliphatic heterocycles. The number of rotatable bonds is 4. The summed E-state index contributed by atoms with van der Waals surface area (Å²) in [4.78, 5) is 23.4. The number of carbonyl (C=O) groups is 2. The number of anilines is 2. The van der Waals surface area contributed by atoms with Crippen molar-refractivity contribution in [1.29, 1.82) is 0 Å². The standard InChI is InChI=1S/C16H13F3N2O2/c1-9-2-4-10(5-3-9)20-13(22)8-14(23)21-12-7-6-11(17)15(18)16(12)19/h2-7H,8H2,1H3,(H,20,22)(H,21,23). The Hall–Kier alpha value is -2.83. The van der Waals surface area contributed by atoms with Gasteiger partial charge in [0.05, 0.1) is 5.69 Å². The summed E-state index contributed by atoms with van der Waals surface area (Å²) in [6.45, 7) is 1.88. The van der Waals surface area contributed by atoms with Gasteiger partial charge in [-0.15, -0.1) is 0 Å². The summed E-state index contributed by atoms with van der Waals surface area (Å²) < 4.78 is 39.2. The van der Waals surface area contributed by atoms with Crippen LogP contribution >= 0.6 is 0 Å². The van der Waals surface area contributed by atoms with Crippen LogP contribution in [0, 0.1) is 24.4 Å². The lowest BCUT2D eigenvalue weighted by Crippen LogP contribution is -2.22. The van der Waals surface area contributed by atoms with Gasteiger partial charge >= 0.3 is 0 Å².